The third-order valence-corrected chi connectivity index (χ3v) is 3.73. The molecule has 1 N–H and O–H groups in total. The highest BCUT2D eigenvalue weighted by Gasteiger charge is 2.43. The van der Waals surface area contributed by atoms with Crippen LogP contribution in [0.25, 0.3) is 0 Å². The second-order valence-electron chi connectivity index (χ2n) is 5.16. The number of carboxylic acids is 1. The van der Waals surface area contributed by atoms with E-state index >= 15 is 0 Å². The fraction of sp³-hybridized carbons (Fsp3) is 0.636. The number of aromatic nitrogens is 2. The zero-order valence-corrected chi connectivity index (χ0v) is 11.1. The lowest BCUT2D eigenvalue weighted by molar-refractivity contribution is -0.388. The molecule has 1 aliphatic heterocycles. The van der Waals surface area contributed by atoms with Gasteiger partial charge in [-0.25, -0.2) is 0 Å². The van der Waals surface area contributed by atoms with Gasteiger partial charge >= 0.3 is 11.8 Å². The SMILES string of the molecule is Cc1nc([N+](=O)[O-])c(N2CCC(C)(C(=O)O)C2)n1C. The monoisotopic (exact) mass is 268 g/mol. The van der Waals surface area contributed by atoms with Crippen LogP contribution in [0.15, 0.2) is 0 Å². The molecule has 1 aliphatic rings. The van der Waals surface area contributed by atoms with Gasteiger partial charge in [0.25, 0.3) is 0 Å². The van der Waals surface area contributed by atoms with Crippen LogP contribution in [0.4, 0.5) is 11.6 Å². The van der Waals surface area contributed by atoms with Gasteiger partial charge in [-0.3, -0.25) is 9.36 Å². The highest BCUT2D eigenvalue weighted by molar-refractivity contribution is 5.76. The molecule has 0 saturated carbocycles. The summed E-state index contributed by atoms with van der Waals surface area (Å²) in [5.74, 6) is -0.177. The van der Waals surface area contributed by atoms with Crippen molar-refractivity contribution in [2.24, 2.45) is 12.5 Å². The summed E-state index contributed by atoms with van der Waals surface area (Å²) in [6.07, 6.45) is 0.462. The Morgan fingerprint density at radius 1 is 1.58 bits per heavy atom. The Hall–Kier alpha value is -2.12. The molecule has 1 unspecified atom stereocenters. The standard InChI is InChI=1S/C11H16N4O4/c1-7-12-8(15(18)19)9(13(7)3)14-5-4-11(2,6-14)10(16)17/h4-6H2,1-3H3,(H,16,17). The van der Waals surface area contributed by atoms with E-state index in [4.69, 9.17) is 0 Å². The number of aliphatic carboxylic acids is 1. The maximum atomic E-state index is 11.2. The van der Waals surface area contributed by atoms with Crippen LogP contribution < -0.4 is 4.90 Å². The Morgan fingerprint density at radius 2 is 2.21 bits per heavy atom. The van der Waals surface area contributed by atoms with Gasteiger partial charge in [-0.1, -0.05) is 0 Å². The molecule has 1 saturated heterocycles. The van der Waals surface area contributed by atoms with Crippen LogP contribution in [0.2, 0.25) is 0 Å². The van der Waals surface area contributed by atoms with Gasteiger partial charge in [0.05, 0.1) is 5.41 Å². The zero-order valence-electron chi connectivity index (χ0n) is 11.1. The number of rotatable bonds is 3. The van der Waals surface area contributed by atoms with Gasteiger partial charge in [0.2, 0.25) is 11.6 Å². The summed E-state index contributed by atoms with van der Waals surface area (Å²) in [6, 6.07) is 0. The molecule has 0 bridgehead atoms. The molecule has 0 spiro atoms. The Bertz CT molecular complexity index is 553. The molecule has 8 nitrogen and oxygen atoms in total. The molecular formula is C11H16N4O4. The minimum absolute atomic E-state index is 0.213. The number of hydrogen-bond donors (Lipinski definition) is 1. The van der Waals surface area contributed by atoms with Crippen LogP contribution in [0, 0.1) is 22.5 Å². The summed E-state index contributed by atoms with van der Waals surface area (Å²) < 4.78 is 1.63. The third kappa shape index (κ3) is 2.02. The van der Waals surface area contributed by atoms with Crippen molar-refractivity contribution in [1.29, 1.82) is 0 Å². The molecule has 0 amide bonds. The van der Waals surface area contributed by atoms with Crippen LogP contribution in [-0.4, -0.2) is 38.6 Å². The van der Waals surface area contributed by atoms with E-state index in [-0.39, 0.29) is 12.4 Å². The second-order valence-corrected chi connectivity index (χ2v) is 5.16. The van der Waals surface area contributed by atoms with E-state index in [1.165, 1.54) is 0 Å². The Morgan fingerprint density at radius 3 is 2.68 bits per heavy atom. The Kier molecular flexibility index (Phi) is 2.95. The number of nitro groups is 1. The minimum atomic E-state index is -0.878. The highest BCUT2D eigenvalue weighted by Crippen LogP contribution is 2.37. The summed E-state index contributed by atoms with van der Waals surface area (Å²) in [6.45, 7) is 4.07. The minimum Gasteiger partial charge on any atom is -0.481 e. The smallest absolute Gasteiger partial charge is 0.406 e. The van der Waals surface area contributed by atoms with Gasteiger partial charge < -0.3 is 20.1 Å². The summed E-state index contributed by atoms with van der Waals surface area (Å²) in [7, 11) is 1.70. The number of carbonyl (C=O) groups is 1. The van der Waals surface area contributed by atoms with Crippen molar-refractivity contribution >= 4 is 17.6 Å². The van der Waals surface area contributed by atoms with Gasteiger partial charge in [-0.05, 0) is 23.3 Å². The fourth-order valence-corrected chi connectivity index (χ4v) is 2.37. The molecule has 0 radical (unpaired) electrons. The first-order valence-electron chi connectivity index (χ1n) is 5.92. The Labute approximate surface area is 109 Å². The maximum Gasteiger partial charge on any atom is 0.406 e. The van der Waals surface area contributed by atoms with E-state index in [2.05, 4.69) is 4.98 Å². The van der Waals surface area contributed by atoms with Crippen LogP contribution in [0.1, 0.15) is 19.2 Å². The van der Waals surface area contributed by atoms with E-state index in [1.807, 2.05) is 0 Å². The van der Waals surface area contributed by atoms with E-state index < -0.39 is 16.3 Å². The molecule has 1 fully saturated rings. The normalized spacial score (nSPS) is 22.8. The summed E-state index contributed by atoms with van der Waals surface area (Å²) in [4.78, 5) is 27.4. The van der Waals surface area contributed by atoms with Gasteiger partial charge in [0.15, 0.2) is 0 Å². The van der Waals surface area contributed by atoms with E-state index in [0.717, 1.165) is 0 Å². The molecule has 19 heavy (non-hydrogen) atoms. The maximum absolute atomic E-state index is 11.2. The van der Waals surface area contributed by atoms with Crippen molar-refractivity contribution in [2.75, 3.05) is 18.0 Å². The number of imidazole rings is 1. The lowest BCUT2D eigenvalue weighted by atomic mass is 9.90. The molecule has 1 aromatic rings. The first kappa shape index (κ1) is 13.3. The summed E-state index contributed by atoms with van der Waals surface area (Å²) in [5.41, 5.74) is -0.869. The zero-order chi connectivity index (χ0) is 14.4. The largest absolute Gasteiger partial charge is 0.481 e. The Balaban J connectivity index is 2.39. The van der Waals surface area contributed by atoms with Crippen molar-refractivity contribution in [2.45, 2.75) is 20.3 Å². The number of nitrogens with zero attached hydrogens (tertiary/aromatic N) is 4. The molecule has 1 atom stereocenters. The molecule has 2 rings (SSSR count). The quantitative estimate of drug-likeness (QED) is 0.646. The number of carboxylic acid groups (broad SMARTS) is 1. The van der Waals surface area contributed by atoms with Crippen molar-refractivity contribution in [1.82, 2.24) is 9.55 Å². The third-order valence-electron chi connectivity index (χ3n) is 3.73. The molecule has 0 aliphatic carbocycles. The molecule has 104 valence electrons. The average molecular weight is 268 g/mol. The van der Waals surface area contributed by atoms with E-state index in [1.54, 1.807) is 30.4 Å². The van der Waals surface area contributed by atoms with Gasteiger partial charge in [-0.15, -0.1) is 0 Å². The molecule has 0 aromatic carbocycles. The highest BCUT2D eigenvalue weighted by atomic mass is 16.6. The summed E-state index contributed by atoms with van der Waals surface area (Å²) in [5, 5.41) is 20.2. The van der Waals surface area contributed by atoms with Crippen LogP contribution in [0.3, 0.4) is 0 Å². The van der Waals surface area contributed by atoms with Crippen molar-refractivity contribution in [3.63, 3.8) is 0 Å². The lowest BCUT2D eigenvalue weighted by Gasteiger charge is -2.21. The fourth-order valence-electron chi connectivity index (χ4n) is 2.37. The molecule has 8 heteroatoms. The van der Waals surface area contributed by atoms with Crippen molar-refractivity contribution in [3.05, 3.63) is 15.9 Å². The predicted octanol–water partition coefficient (Wildman–Crippen LogP) is 0.938. The van der Waals surface area contributed by atoms with Crippen molar-refractivity contribution in [3.8, 4) is 0 Å². The molecule has 1 aromatic heterocycles. The second kappa shape index (κ2) is 4.22. The molecule has 2 heterocycles. The average Bonchev–Trinajstić information content (AvgIpc) is 2.83. The van der Waals surface area contributed by atoms with E-state index in [0.29, 0.717) is 24.6 Å². The van der Waals surface area contributed by atoms with Gasteiger partial charge in [-0.2, -0.15) is 0 Å². The predicted molar refractivity (Wildman–Crippen MR) is 67.2 cm³/mol. The van der Waals surface area contributed by atoms with Crippen LogP contribution in [-0.2, 0) is 11.8 Å². The van der Waals surface area contributed by atoms with E-state index in [9.17, 15) is 20.0 Å². The van der Waals surface area contributed by atoms with Gasteiger partial charge in [0.1, 0.15) is 0 Å². The number of aryl methyl sites for hydroxylation is 1. The first-order valence-corrected chi connectivity index (χ1v) is 5.92. The molecular weight excluding hydrogens is 252 g/mol. The van der Waals surface area contributed by atoms with Crippen molar-refractivity contribution < 1.29 is 14.8 Å². The number of anilines is 1. The first-order chi connectivity index (χ1) is 8.76. The van der Waals surface area contributed by atoms with Crippen LogP contribution >= 0.6 is 0 Å². The summed E-state index contributed by atoms with van der Waals surface area (Å²) >= 11 is 0. The number of hydrogen-bond acceptors (Lipinski definition) is 5. The lowest BCUT2D eigenvalue weighted by Crippen LogP contribution is -2.32. The topological polar surface area (TPSA) is 102 Å². The van der Waals surface area contributed by atoms with Gasteiger partial charge in [0, 0.05) is 27.1 Å². The van der Waals surface area contributed by atoms with Crippen LogP contribution in [0.5, 0.6) is 0 Å².